The van der Waals surface area contributed by atoms with Crippen molar-refractivity contribution < 1.29 is 19.4 Å². The van der Waals surface area contributed by atoms with Crippen molar-refractivity contribution in [3.05, 3.63) is 0 Å². The van der Waals surface area contributed by atoms with Crippen LogP contribution >= 0.6 is 0 Å². The molecule has 1 N–H and O–H groups in total. The Balaban J connectivity index is 4.17. The Kier molecular flexibility index (Phi) is 7.54. The molecule has 0 aromatic rings. The standard InChI is InChI=1S/C11H21NO4/c1-9(2)8-12(6-4-11(14)15)10(13)5-7-16-3/h9H,4-8H2,1-3H3,(H,14,15). The number of carboxylic acid groups (broad SMARTS) is 1. The van der Waals surface area contributed by atoms with E-state index in [-0.39, 0.29) is 18.9 Å². The largest absolute Gasteiger partial charge is 0.481 e. The highest BCUT2D eigenvalue weighted by Crippen LogP contribution is 2.03. The van der Waals surface area contributed by atoms with E-state index in [0.29, 0.717) is 25.5 Å². The molecule has 0 aliphatic carbocycles. The van der Waals surface area contributed by atoms with E-state index in [9.17, 15) is 9.59 Å². The summed E-state index contributed by atoms with van der Waals surface area (Å²) in [5.74, 6) is -0.592. The smallest absolute Gasteiger partial charge is 0.305 e. The van der Waals surface area contributed by atoms with Crippen LogP contribution < -0.4 is 0 Å². The van der Waals surface area contributed by atoms with E-state index in [4.69, 9.17) is 9.84 Å². The maximum atomic E-state index is 11.7. The van der Waals surface area contributed by atoms with E-state index in [1.807, 2.05) is 13.8 Å². The maximum Gasteiger partial charge on any atom is 0.305 e. The van der Waals surface area contributed by atoms with Crippen LogP contribution in [0.25, 0.3) is 0 Å². The maximum absolute atomic E-state index is 11.7. The minimum absolute atomic E-state index is 0.00849. The molecule has 5 nitrogen and oxygen atoms in total. The van der Waals surface area contributed by atoms with E-state index in [0.717, 1.165) is 0 Å². The highest BCUT2D eigenvalue weighted by atomic mass is 16.5. The molecule has 0 aromatic heterocycles. The molecule has 1 amide bonds. The Labute approximate surface area is 96.4 Å². The molecule has 0 radical (unpaired) electrons. The fourth-order valence-corrected chi connectivity index (χ4v) is 1.34. The number of carbonyl (C=O) groups is 2. The van der Waals surface area contributed by atoms with Gasteiger partial charge in [-0.25, -0.2) is 0 Å². The average Bonchev–Trinajstić information content (AvgIpc) is 2.19. The summed E-state index contributed by atoms with van der Waals surface area (Å²) in [5.41, 5.74) is 0. The second-order valence-corrected chi connectivity index (χ2v) is 4.12. The Hall–Kier alpha value is -1.10. The molecule has 0 saturated carbocycles. The fourth-order valence-electron chi connectivity index (χ4n) is 1.34. The van der Waals surface area contributed by atoms with Gasteiger partial charge in [-0.05, 0) is 5.92 Å². The first kappa shape index (κ1) is 14.9. The van der Waals surface area contributed by atoms with Crippen molar-refractivity contribution in [2.75, 3.05) is 26.8 Å². The molecule has 0 heterocycles. The summed E-state index contributed by atoms with van der Waals surface area (Å²) in [7, 11) is 1.54. The number of carbonyl (C=O) groups excluding carboxylic acids is 1. The highest BCUT2D eigenvalue weighted by molar-refractivity contribution is 5.77. The lowest BCUT2D eigenvalue weighted by Crippen LogP contribution is -2.36. The predicted molar refractivity (Wildman–Crippen MR) is 60.2 cm³/mol. The molecule has 0 aliphatic heterocycles. The normalized spacial score (nSPS) is 10.5. The van der Waals surface area contributed by atoms with Gasteiger partial charge in [-0.3, -0.25) is 9.59 Å². The van der Waals surface area contributed by atoms with E-state index in [1.54, 1.807) is 4.90 Å². The molecule has 0 aromatic carbocycles. The Morgan fingerprint density at radius 1 is 1.31 bits per heavy atom. The number of amides is 1. The number of methoxy groups -OCH3 is 1. The molecule has 0 spiro atoms. The summed E-state index contributed by atoms with van der Waals surface area (Å²) < 4.78 is 4.83. The zero-order chi connectivity index (χ0) is 12.6. The molecular weight excluding hydrogens is 210 g/mol. The third kappa shape index (κ3) is 7.23. The minimum Gasteiger partial charge on any atom is -0.481 e. The van der Waals surface area contributed by atoms with Gasteiger partial charge in [-0.2, -0.15) is 0 Å². The van der Waals surface area contributed by atoms with Crippen LogP contribution in [0, 0.1) is 5.92 Å². The Bertz CT molecular complexity index is 228. The second-order valence-electron chi connectivity index (χ2n) is 4.12. The molecule has 0 atom stereocenters. The Morgan fingerprint density at radius 3 is 2.38 bits per heavy atom. The molecule has 0 saturated heterocycles. The van der Waals surface area contributed by atoms with Gasteiger partial charge in [0.25, 0.3) is 0 Å². The average molecular weight is 231 g/mol. The van der Waals surface area contributed by atoms with Crippen molar-refractivity contribution in [1.29, 1.82) is 0 Å². The fraction of sp³-hybridized carbons (Fsp3) is 0.818. The molecule has 0 rings (SSSR count). The van der Waals surface area contributed by atoms with E-state index >= 15 is 0 Å². The summed E-state index contributed by atoms with van der Waals surface area (Å²) >= 11 is 0. The van der Waals surface area contributed by atoms with Crippen molar-refractivity contribution >= 4 is 11.9 Å². The van der Waals surface area contributed by atoms with Crippen molar-refractivity contribution in [1.82, 2.24) is 4.90 Å². The van der Waals surface area contributed by atoms with Gasteiger partial charge >= 0.3 is 5.97 Å². The van der Waals surface area contributed by atoms with Crippen LogP contribution in [0.2, 0.25) is 0 Å². The summed E-state index contributed by atoms with van der Waals surface area (Å²) in [6.45, 7) is 5.24. The first-order valence-electron chi connectivity index (χ1n) is 5.45. The van der Waals surface area contributed by atoms with Crippen LogP contribution in [0.5, 0.6) is 0 Å². The number of nitrogens with zero attached hydrogens (tertiary/aromatic N) is 1. The van der Waals surface area contributed by atoms with Gasteiger partial charge in [0.15, 0.2) is 0 Å². The third-order valence-corrected chi connectivity index (χ3v) is 2.05. The molecule has 0 fully saturated rings. The molecule has 5 heteroatoms. The van der Waals surface area contributed by atoms with Crippen LogP contribution in [0.1, 0.15) is 26.7 Å². The molecule has 0 aliphatic rings. The predicted octanol–water partition coefficient (Wildman–Crippen LogP) is 0.982. The highest BCUT2D eigenvalue weighted by Gasteiger charge is 2.15. The molecule has 16 heavy (non-hydrogen) atoms. The van der Waals surface area contributed by atoms with Crippen molar-refractivity contribution in [2.45, 2.75) is 26.7 Å². The van der Waals surface area contributed by atoms with Gasteiger partial charge in [0.2, 0.25) is 5.91 Å². The first-order chi connectivity index (χ1) is 7.47. The number of ether oxygens (including phenoxy) is 1. The number of rotatable bonds is 8. The Morgan fingerprint density at radius 2 is 1.94 bits per heavy atom. The SMILES string of the molecule is COCCC(=O)N(CCC(=O)O)CC(C)C. The van der Waals surface area contributed by atoms with Crippen molar-refractivity contribution in [2.24, 2.45) is 5.92 Å². The van der Waals surface area contributed by atoms with Gasteiger partial charge in [-0.15, -0.1) is 0 Å². The van der Waals surface area contributed by atoms with E-state index < -0.39 is 5.97 Å². The molecule has 0 bridgehead atoms. The lowest BCUT2D eigenvalue weighted by molar-refractivity contribution is -0.138. The molecule has 94 valence electrons. The van der Waals surface area contributed by atoms with Crippen molar-refractivity contribution in [3.8, 4) is 0 Å². The minimum atomic E-state index is -0.881. The van der Waals surface area contributed by atoms with Gasteiger partial charge in [0.05, 0.1) is 19.4 Å². The van der Waals surface area contributed by atoms with Gasteiger partial charge < -0.3 is 14.7 Å². The van der Waals surface area contributed by atoms with E-state index in [1.165, 1.54) is 7.11 Å². The summed E-state index contributed by atoms with van der Waals surface area (Å²) in [6, 6.07) is 0. The zero-order valence-corrected chi connectivity index (χ0v) is 10.2. The number of hydrogen-bond donors (Lipinski definition) is 1. The monoisotopic (exact) mass is 231 g/mol. The van der Waals surface area contributed by atoms with Gasteiger partial charge in [-0.1, -0.05) is 13.8 Å². The lowest BCUT2D eigenvalue weighted by atomic mass is 10.2. The molecular formula is C11H21NO4. The summed E-state index contributed by atoms with van der Waals surface area (Å²) in [6.07, 6.45) is 0.300. The van der Waals surface area contributed by atoms with Crippen LogP contribution in [-0.4, -0.2) is 48.7 Å². The first-order valence-corrected chi connectivity index (χ1v) is 5.45. The van der Waals surface area contributed by atoms with Crippen LogP contribution in [-0.2, 0) is 14.3 Å². The van der Waals surface area contributed by atoms with Crippen LogP contribution in [0.3, 0.4) is 0 Å². The van der Waals surface area contributed by atoms with Gasteiger partial charge in [0, 0.05) is 20.2 Å². The zero-order valence-electron chi connectivity index (χ0n) is 10.2. The van der Waals surface area contributed by atoms with E-state index in [2.05, 4.69) is 0 Å². The number of carboxylic acids is 1. The quantitative estimate of drug-likeness (QED) is 0.676. The third-order valence-electron chi connectivity index (χ3n) is 2.05. The number of aliphatic carboxylic acids is 1. The number of hydrogen-bond acceptors (Lipinski definition) is 3. The summed E-state index contributed by atoms with van der Waals surface area (Å²) in [5, 5.41) is 8.59. The van der Waals surface area contributed by atoms with Crippen LogP contribution in [0.4, 0.5) is 0 Å². The summed E-state index contributed by atoms with van der Waals surface area (Å²) in [4.78, 5) is 23.8. The molecule has 0 unspecified atom stereocenters. The topological polar surface area (TPSA) is 66.8 Å². The van der Waals surface area contributed by atoms with Gasteiger partial charge in [0.1, 0.15) is 0 Å². The van der Waals surface area contributed by atoms with Crippen LogP contribution in [0.15, 0.2) is 0 Å². The lowest BCUT2D eigenvalue weighted by Gasteiger charge is -2.23. The van der Waals surface area contributed by atoms with Crippen molar-refractivity contribution in [3.63, 3.8) is 0 Å². The second kappa shape index (κ2) is 8.10.